The molecule has 0 bridgehead atoms. The molecule has 0 radical (unpaired) electrons. The summed E-state index contributed by atoms with van der Waals surface area (Å²) < 4.78 is 9.40. The van der Waals surface area contributed by atoms with Crippen LogP contribution in [0.1, 0.15) is 23.9 Å². The third kappa shape index (κ3) is 3.75. The maximum Gasteiger partial charge on any atom is 0.328 e. The molecule has 0 saturated carbocycles. The van der Waals surface area contributed by atoms with Crippen molar-refractivity contribution in [1.29, 1.82) is 0 Å². The predicted molar refractivity (Wildman–Crippen MR) is 57.3 cm³/mol. The van der Waals surface area contributed by atoms with Crippen molar-refractivity contribution in [3.05, 3.63) is 24.2 Å². The maximum absolute atomic E-state index is 11.7. The lowest BCUT2D eigenvalue weighted by atomic mass is 10.1. The molecular weight excluding hydrogens is 226 g/mol. The summed E-state index contributed by atoms with van der Waals surface area (Å²) in [6, 6.07) is 2.07. The van der Waals surface area contributed by atoms with E-state index in [2.05, 4.69) is 10.1 Å². The molecule has 1 amide bonds. The molecule has 0 spiro atoms. The normalized spacial score (nSPS) is 11.6. The minimum atomic E-state index is -0.991. The quantitative estimate of drug-likeness (QED) is 0.598. The predicted octanol–water partition coefficient (Wildman–Crippen LogP) is 0.530. The molecule has 6 nitrogen and oxygen atoms in total. The van der Waals surface area contributed by atoms with Gasteiger partial charge in [0.05, 0.1) is 13.4 Å². The molecule has 0 aromatic carbocycles. The van der Waals surface area contributed by atoms with E-state index in [9.17, 15) is 14.4 Å². The highest BCUT2D eigenvalue weighted by Crippen LogP contribution is 2.07. The SMILES string of the molecule is COC(=O)[C@H](CC(=O)c1ccco1)NC(C)=O. The van der Waals surface area contributed by atoms with Crippen molar-refractivity contribution in [3.8, 4) is 0 Å². The largest absolute Gasteiger partial charge is 0.467 e. The average molecular weight is 239 g/mol. The van der Waals surface area contributed by atoms with Crippen molar-refractivity contribution in [2.75, 3.05) is 7.11 Å². The van der Waals surface area contributed by atoms with Gasteiger partial charge in [-0.25, -0.2) is 4.79 Å². The van der Waals surface area contributed by atoms with Gasteiger partial charge in [0, 0.05) is 13.3 Å². The monoisotopic (exact) mass is 239 g/mol. The molecule has 0 aliphatic rings. The molecule has 1 atom stereocenters. The first-order valence-electron chi connectivity index (χ1n) is 4.96. The molecule has 0 fully saturated rings. The Labute approximate surface area is 97.9 Å². The Morgan fingerprint density at radius 1 is 1.47 bits per heavy atom. The lowest BCUT2D eigenvalue weighted by molar-refractivity contribution is -0.144. The second-order valence-electron chi connectivity index (χ2n) is 3.38. The molecule has 1 rings (SSSR count). The number of carbonyl (C=O) groups is 3. The molecule has 1 aromatic rings. The number of methoxy groups -OCH3 is 1. The summed E-state index contributed by atoms with van der Waals surface area (Å²) in [5.74, 6) is -1.31. The maximum atomic E-state index is 11.7. The van der Waals surface area contributed by atoms with Gasteiger partial charge in [0.25, 0.3) is 0 Å². The Morgan fingerprint density at radius 2 is 2.18 bits per heavy atom. The summed E-state index contributed by atoms with van der Waals surface area (Å²) in [5.41, 5.74) is 0. The topological polar surface area (TPSA) is 85.6 Å². The number of rotatable bonds is 5. The van der Waals surface area contributed by atoms with Crippen molar-refractivity contribution in [2.24, 2.45) is 0 Å². The zero-order valence-corrected chi connectivity index (χ0v) is 9.56. The molecule has 1 aromatic heterocycles. The van der Waals surface area contributed by atoms with Gasteiger partial charge >= 0.3 is 5.97 Å². The summed E-state index contributed by atoms with van der Waals surface area (Å²) in [7, 11) is 1.19. The molecule has 0 unspecified atom stereocenters. The van der Waals surface area contributed by atoms with Crippen molar-refractivity contribution in [3.63, 3.8) is 0 Å². The van der Waals surface area contributed by atoms with Gasteiger partial charge in [-0.2, -0.15) is 0 Å². The smallest absolute Gasteiger partial charge is 0.328 e. The Kier molecular flexibility index (Phi) is 4.45. The van der Waals surface area contributed by atoms with Crippen LogP contribution in [0.2, 0.25) is 0 Å². The number of esters is 1. The van der Waals surface area contributed by atoms with Gasteiger partial charge in [0.15, 0.2) is 5.76 Å². The van der Waals surface area contributed by atoms with E-state index in [0.29, 0.717) is 0 Å². The standard InChI is InChI=1S/C11H13NO5/c1-7(13)12-8(11(15)16-2)6-9(14)10-4-3-5-17-10/h3-5,8H,6H2,1-2H3,(H,12,13)/t8-/m0/s1. The van der Waals surface area contributed by atoms with Gasteiger partial charge in [0.1, 0.15) is 6.04 Å². The third-order valence-corrected chi connectivity index (χ3v) is 2.05. The van der Waals surface area contributed by atoms with Crippen LogP contribution >= 0.6 is 0 Å². The van der Waals surface area contributed by atoms with E-state index in [1.807, 2.05) is 0 Å². The van der Waals surface area contributed by atoms with E-state index in [1.54, 1.807) is 6.07 Å². The Morgan fingerprint density at radius 3 is 2.65 bits per heavy atom. The van der Waals surface area contributed by atoms with E-state index in [-0.39, 0.29) is 18.0 Å². The first-order valence-corrected chi connectivity index (χ1v) is 4.96. The Bertz CT molecular complexity index is 410. The molecule has 17 heavy (non-hydrogen) atoms. The Balaban J connectivity index is 2.69. The number of ether oxygens (including phenoxy) is 1. The summed E-state index contributed by atoms with van der Waals surface area (Å²) in [4.78, 5) is 33.9. The van der Waals surface area contributed by atoms with Crippen LogP contribution in [-0.4, -0.2) is 30.8 Å². The summed E-state index contributed by atoms with van der Waals surface area (Å²) in [6.07, 6.45) is 1.17. The first-order chi connectivity index (χ1) is 8.04. The van der Waals surface area contributed by atoms with Crippen LogP contribution in [0.3, 0.4) is 0 Å². The molecule has 6 heteroatoms. The fraction of sp³-hybridized carbons (Fsp3) is 0.364. The molecular formula is C11H13NO5. The molecule has 1 heterocycles. The van der Waals surface area contributed by atoms with E-state index in [4.69, 9.17) is 4.42 Å². The number of nitrogens with one attached hydrogen (secondary N) is 1. The minimum Gasteiger partial charge on any atom is -0.467 e. The molecule has 0 aliphatic carbocycles. The summed E-state index contributed by atoms with van der Waals surface area (Å²) in [5, 5.41) is 2.35. The van der Waals surface area contributed by atoms with Crippen LogP contribution in [0.25, 0.3) is 0 Å². The number of hydrogen-bond donors (Lipinski definition) is 1. The van der Waals surface area contributed by atoms with E-state index >= 15 is 0 Å². The average Bonchev–Trinajstić information content (AvgIpc) is 2.79. The van der Waals surface area contributed by atoms with Crippen LogP contribution in [0.5, 0.6) is 0 Å². The van der Waals surface area contributed by atoms with Crippen LogP contribution in [0, 0.1) is 0 Å². The number of hydrogen-bond acceptors (Lipinski definition) is 5. The first kappa shape index (κ1) is 13.0. The van der Waals surface area contributed by atoms with Crippen molar-refractivity contribution < 1.29 is 23.5 Å². The summed E-state index contributed by atoms with van der Waals surface area (Å²) >= 11 is 0. The van der Waals surface area contributed by atoms with E-state index < -0.39 is 17.9 Å². The van der Waals surface area contributed by atoms with E-state index in [0.717, 1.165) is 0 Å². The van der Waals surface area contributed by atoms with Gasteiger partial charge in [-0.05, 0) is 12.1 Å². The van der Waals surface area contributed by atoms with Gasteiger partial charge in [-0.1, -0.05) is 0 Å². The molecule has 1 N–H and O–H groups in total. The zero-order chi connectivity index (χ0) is 12.8. The highest BCUT2D eigenvalue weighted by Gasteiger charge is 2.25. The number of ketones is 1. The number of carbonyl (C=O) groups excluding carboxylic acids is 3. The van der Waals surface area contributed by atoms with Crippen LogP contribution in [-0.2, 0) is 14.3 Å². The highest BCUT2D eigenvalue weighted by atomic mass is 16.5. The van der Waals surface area contributed by atoms with Crippen molar-refractivity contribution in [1.82, 2.24) is 5.32 Å². The highest BCUT2D eigenvalue weighted by molar-refractivity contribution is 5.97. The second-order valence-corrected chi connectivity index (χ2v) is 3.38. The number of Topliss-reactive ketones (excluding diaryl/α,β-unsaturated/α-hetero) is 1. The number of amides is 1. The zero-order valence-electron chi connectivity index (χ0n) is 9.56. The summed E-state index contributed by atoms with van der Waals surface area (Å²) in [6.45, 7) is 1.26. The van der Waals surface area contributed by atoms with Crippen LogP contribution in [0.15, 0.2) is 22.8 Å². The number of furan rings is 1. The van der Waals surface area contributed by atoms with Gasteiger partial charge in [0.2, 0.25) is 11.7 Å². The molecule has 0 saturated heterocycles. The van der Waals surface area contributed by atoms with Crippen molar-refractivity contribution >= 4 is 17.7 Å². The van der Waals surface area contributed by atoms with Gasteiger partial charge in [-0.15, -0.1) is 0 Å². The van der Waals surface area contributed by atoms with Gasteiger partial charge < -0.3 is 14.5 Å². The lowest BCUT2D eigenvalue weighted by Crippen LogP contribution is -2.41. The molecule has 92 valence electrons. The third-order valence-electron chi connectivity index (χ3n) is 2.05. The fourth-order valence-electron chi connectivity index (χ4n) is 1.30. The minimum absolute atomic E-state index is 0.143. The Hall–Kier alpha value is -2.11. The van der Waals surface area contributed by atoms with Gasteiger partial charge in [-0.3, -0.25) is 9.59 Å². The fourth-order valence-corrected chi connectivity index (χ4v) is 1.30. The second kappa shape index (κ2) is 5.83. The molecule has 0 aliphatic heterocycles. The van der Waals surface area contributed by atoms with E-state index in [1.165, 1.54) is 26.4 Å². The van der Waals surface area contributed by atoms with Crippen molar-refractivity contribution in [2.45, 2.75) is 19.4 Å². The van der Waals surface area contributed by atoms with Crippen LogP contribution in [0.4, 0.5) is 0 Å². The lowest BCUT2D eigenvalue weighted by Gasteiger charge is -2.13. The van der Waals surface area contributed by atoms with Crippen LogP contribution < -0.4 is 5.32 Å².